The van der Waals surface area contributed by atoms with Gasteiger partial charge in [-0.1, -0.05) is 24.8 Å². The molecule has 0 saturated carbocycles. The fourth-order valence-electron chi connectivity index (χ4n) is 2.34. The summed E-state index contributed by atoms with van der Waals surface area (Å²) in [5.41, 5.74) is 1.63. The normalized spacial score (nSPS) is 15.6. The summed E-state index contributed by atoms with van der Waals surface area (Å²) >= 11 is 0. The molecular formula is C12H12N2O2S. The van der Waals surface area contributed by atoms with Crippen molar-refractivity contribution in [1.82, 2.24) is 4.57 Å². The van der Waals surface area contributed by atoms with E-state index in [0.717, 1.165) is 10.9 Å². The second-order valence-corrected chi connectivity index (χ2v) is 6.07. The summed E-state index contributed by atoms with van der Waals surface area (Å²) in [6.07, 6.45) is 1.20. The maximum absolute atomic E-state index is 11.7. The van der Waals surface area contributed by atoms with E-state index in [9.17, 15) is 8.42 Å². The van der Waals surface area contributed by atoms with Crippen LogP contribution in [0.4, 0.5) is 5.82 Å². The molecule has 5 heteroatoms. The average molecular weight is 248 g/mol. The molecule has 0 spiro atoms. The molecule has 0 unspecified atom stereocenters. The molecule has 0 atom stereocenters. The number of nitrogens with zero attached hydrogens (tertiary/aromatic N) is 2. The fraction of sp³-hybridized carbons (Fsp3) is 0.167. The van der Waals surface area contributed by atoms with Crippen LogP contribution in [0.15, 0.2) is 42.6 Å². The highest BCUT2D eigenvalue weighted by Crippen LogP contribution is 2.36. The van der Waals surface area contributed by atoms with Crippen LogP contribution in [0.2, 0.25) is 0 Å². The van der Waals surface area contributed by atoms with E-state index in [1.165, 1.54) is 10.6 Å². The number of hydrogen-bond donors (Lipinski definition) is 0. The Morgan fingerprint density at radius 1 is 1.29 bits per heavy atom. The smallest absolute Gasteiger partial charge is 0.237 e. The van der Waals surface area contributed by atoms with Crippen LogP contribution in [0.5, 0.6) is 0 Å². The van der Waals surface area contributed by atoms with Gasteiger partial charge in [0.05, 0.1) is 18.3 Å². The highest BCUT2D eigenvalue weighted by molar-refractivity contribution is 7.92. The molecule has 88 valence electrons. The van der Waals surface area contributed by atoms with Gasteiger partial charge in [0, 0.05) is 11.1 Å². The largest absolute Gasteiger partial charge is 0.320 e. The summed E-state index contributed by atoms with van der Waals surface area (Å²) in [6, 6.07) is 9.73. The van der Waals surface area contributed by atoms with Gasteiger partial charge in [-0.15, -0.1) is 0 Å². The van der Waals surface area contributed by atoms with Gasteiger partial charge in [0.25, 0.3) is 0 Å². The molecule has 0 fully saturated rings. The summed E-state index contributed by atoms with van der Waals surface area (Å²) in [7, 11) is -3.30. The Balaban J connectivity index is 2.33. The molecule has 0 amide bonds. The van der Waals surface area contributed by atoms with Gasteiger partial charge < -0.3 is 4.57 Å². The molecule has 0 N–H and O–H groups in total. The lowest BCUT2D eigenvalue weighted by Gasteiger charge is -2.14. The summed E-state index contributed by atoms with van der Waals surface area (Å²) in [5, 5.41) is 1.05. The second-order valence-electron chi connectivity index (χ2n) is 4.24. The van der Waals surface area contributed by atoms with Crippen molar-refractivity contribution in [2.24, 2.45) is 0 Å². The number of para-hydroxylation sites is 1. The number of hydrogen-bond acceptors (Lipinski definition) is 2. The van der Waals surface area contributed by atoms with Gasteiger partial charge in [-0.05, 0) is 12.1 Å². The van der Waals surface area contributed by atoms with Crippen LogP contribution < -0.4 is 4.31 Å². The Morgan fingerprint density at radius 2 is 2.00 bits per heavy atom. The molecular weight excluding hydrogens is 236 g/mol. The van der Waals surface area contributed by atoms with Gasteiger partial charge in [0.2, 0.25) is 10.0 Å². The Hall–Kier alpha value is -1.75. The standard InChI is InChI=1S/C12H12N2O2S/c1-9-8-13-11-6-4-3-5-10(11)7-12(13)14(9)17(2,15)16/h3-7H,1,8H2,2H3. The average Bonchev–Trinajstić information content (AvgIpc) is 2.70. The minimum absolute atomic E-state index is 0.524. The molecule has 0 saturated heterocycles. The lowest BCUT2D eigenvalue weighted by atomic mass is 10.2. The summed E-state index contributed by atoms with van der Waals surface area (Å²) in [6.45, 7) is 4.35. The SMILES string of the molecule is C=C1Cn2c(cc3ccccc32)N1S(C)(=O)=O. The van der Waals surface area contributed by atoms with Crippen molar-refractivity contribution in [3.8, 4) is 0 Å². The van der Waals surface area contributed by atoms with Crippen LogP contribution in [-0.4, -0.2) is 19.2 Å². The molecule has 1 aliphatic heterocycles. The Kier molecular flexibility index (Phi) is 1.92. The molecule has 3 rings (SSSR count). The first-order valence-electron chi connectivity index (χ1n) is 5.25. The van der Waals surface area contributed by atoms with Gasteiger partial charge in [-0.2, -0.15) is 0 Å². The van der Waals surface area contributed by atoms with Gasteiger partial charge in [0.15, 0.2) is 0 Å². The van der Waals surface area contributed by atoms with Crippen LogP contribution in [0.1, 0.15) is 0 Å². The predicted octanol–water partition coefficient (Wildman–Crippen LogP) is 1.93. The molecule has 17 heavy (non-hydrogen) atoms. The number of fused-ring (bicyclic) bond motifs is 3. The van der Waals surface area contributed by atoms with Crippen molar-refractivity contribution in [2.75, 3.05) is 10.6 Å². The highest BCUT2D eigenvalue weighted by Gasteiger charge is 2.31. The molecule has 2 heterocycles. The number of benzene rings is 1. The van der Waals surface area contributed by atoms with Crippen molar-refractivity contribution in [3.63, 3.8) is 0 Å². The molecule has 4 nitrogen and oxygen atoms in total. The Bertz CT molecular complexity index is 728. The second kappa shape index (κ2) is 3.13. The van der Waals surface area contributed by atoms with E-state index in [1.807, 2.05) is 34.9 Å². The first-order valence-corrected chi connectivity index (χ1v) is 7.09. The van der Waals surface area contributed by atoms with Gasteiger partial charge in [-0.3, -0.25) is 0 Å². The van der Waals surface area contributed by atoms with E-state index >= 15 is 0 Å². The zero-order valence-electron chi connectivity index (χ0n) is 9.42. The van der Waals surface area contributed by atoms with Crippen molar-refractivity contribution < 1.29 is 8.42 Å². The quantitative estimate of drug-likeness (QED) is 0.774. The van der Waals surface area contributed by atoms with Crippen LogP contribution in [-0.2, 0) is 16.6 Å². The number of allylic oxidation sites excluding steroid dienone is 1. The van der Waals surface area contributed by atoms with Gasteiger partial charge in [0.1, 0.15) is 5.82 Å². The first-order chi connectivity index (χ1) is 7.98. The maximum Gasteiger partial charge on any atom is 0.237 e. The lowest BCUT2D eigenvalue weighted by Crippen LogP contribution is -2.25. The van der Waals surface area contributed by atoms with Crippen LogP contribution in [0.3, 0.4) is 0 Å². The highest BCUT2D eigenvalue weighted by atomic mass is 32.2. The maximum atomic E-state index is 11.7. The number of aromatic nitrogens is 1. The van der Waals surface area contributed by atoms with Crippen molar-refractivity contribution >= 4 is 26.7 Å². The third-order valence-electron chi connectivity index (χ3n) is 2.96. The van der Waals surface area contributed by atoms with E-state index in [-0.39, 0.29) is 0 Å². The van der Waals surface area contributed by atoms with E-state index in [2.05, 4.69) is 6.58 Å². The predicted molar refractivity (Wildman–Crippen MR) is 68.4 cm³/mol. The summed E-state index contributed by atoms with van der Waals surface area (Å²) < 4.78 is 26.8. The fourth-order valence-corrected chi connectivity index (χ4v) is 3.36. The summed E-state index contributed by atoms with van der Waals surface area (Å²) in [4.78, 5) is 0. The molecule has 2 aromatic rings. The van der Waals surface area contributed by atoms with E-state index in [0.29, 0.717) is 18.1 Å². The number of anilines is 1. The zero-order valence-corrected chi connectivity index (χ0v) is 10.2. The third kappa shape index (κ3) is 1.39. The van der Waals surface area contributed by atoms with Gasteiger partial charge in [-0.25, -0.2) is 12.7 Å². The van der Waals surface area contributed by atoms with Crippen molar-refractivity contribution in [1.29, 1.82) is 0 Å². The molecule has 1 aliphatic rings. The third-order valence-corrected chi connectivity index (χ3v) is 4.06. The van der Waals surface area contributed by atoms with E-state index in [4.69, 9.17) is 0 Å². The van der Waals surface area contributed by atoms with Gasteiger partial charge >= 0.3 is 0 Å². The number of sulfonamides is 1. The Morgan fingerprint density at radius 3 is 2.71 bits per heavy atom. The minimum atomic E-state index is -3.30. The lowest BCUT2D eigenvalue weighted by molar-refractivity contribution is 0.601. The monoisotopic (exact) mass is 248 g/mol. The first kappa shape index (κ1) is 10.4. The molecule has 1 aromatic carbocycles. The Labute approximate surface area is 99.8 Å². The van der Waals surface area contributed by atoms with Crippen molar-refractivity contribution in [2.45, 2.75) is 6.54 Å². The van der Waals surface area contributed by atoms with Crippen molar-refractivity contribution in [3.05, 3.63) is 42.6 Å². The van der Waals surface area contributed by atoms with E-state index < -0.39 is 10.0 Å². The molecule has 0 bridgehead atoms. The summed E-state index contributed by atoms with van der Waals surface area (Å²) in [5.74, 6) is 0.679. The number of rotatable bonds is 1. The minimum Gasteiger partial charge on any atom is -0.320 e. The van der Waals surface area contributed by atoms with Crippen LogP contribution in [0.25, 0.3) is 10.9 Å². The topological polar surface area (TPSA) is 42.3 Å². The molecule has 1 aromatic heterocycles. The van der Waals surface area contributed by atoms with Crippen LogP contribution >= 0.6 is 0 Å². The van der Waals surface area contributed by atoms with E-state index in [1.54, 1.807) is 0 Å². The molecule has 0 aliphatic carbocycles. The van der Waals surface area contributed by atoms with Crippen LogP contribution in [0, 0.1) is 0 Å². The zero-order chi connectivity index (χ0) is 12.2. The molecule has 0 radical (unpaired) electrons.